The minimum absolute atomic E-state index is 0.0130. The number of imidazole rings is 2. The van der Waals surface area contributed by atoms with Gasteiger partial charge in [0.1, 0.15) is 36.6 Å². The Morgan fingerprint density at radius 1 is 0.825 bits per heavy atom. The van der Waals surface area contributed by atoms with Gasteiger partial charge in [-0.1, -0.05) is 0 Å². The number of nitrogens with zero attached hydrogens (tertiary/aromatic N) is 6. The van der Waals surface area contributed by atoms with Crippen molar-refractivity contribution in [2.24, 2.45) is 0 Å². The van der Waals surface area contributed by atoms with Crippen molar-refractivity contribution in [1.29, 1.82) is 0 Å². The molecule has 0 spiro atoms. The predicted molar refractivity (Wildman–Crippen MR) is 130 cm³/mol. The zero-order valence-electron chi connectivity index (χ0n) is 20.2. The number of hydrogen-bond acceptors (Lipinski definition) is 16. The third-order valence-electron chi connectivity index (χ3n) is 6.38. The highest BCUT2D eigenvalue weighted by Gasteiger charge is 2.45. The van der Waals surface area contributed by atoms with E-state index in [0.717, 1.165) is 0 Å². The Morgan fingerprint density at radius 2 is 1.30 bits per heavy atom. The molecule has 6 rings (SSSR count). The number of rotatable bonds is 4. The molecule has 4 aromatic heterocycles. The van der Waals surface area contributed by atoms with Crippen LogP contribution in [0.5, 0.6) is 0 Å². The van der Waals surface area contributed by atoms with Crippen LogP contribution in [0.2, 0.25) is 0 Å². The van der Waals surface area contributed by atoms with E-state index in [1.54, 1.807) is 0 Å². The monoisotopic (exact) mass is 564 g/mol. The van der Waals surface area contributed by atoms with E-state index in [0.29, 0.717) is 6.29 Å². The van der Waals surface area contributed by atoms with Gasteiger partial charge < -0.3 is 51.3 Å². The average molecular weight is 564 g/mol. The van der Waals surface area contributed by atoms with E-state index >= 15 is 0 Å². The van der Waals surface area contributed by atoms with Crippen LogP contribution in [-0.2, 0) is 14.3 Å². The molecule has 0 bridgehead atoms. The fourth-order valence-electron chi connectivity index (χ4n) is 4.40. The highest BCUT2D eigenvalue weighted by molar-refractivity contribution is 5.71. The van der Waals surface area contributed by atoms with Crippen LogP contribution in [0.15, 0.2) is 22.2 Å². The lowest BCUT2D eigenvalue weighted by molar-refractivity contribution is -0.122. The van der Waals surface area contributed by atoms with Crippen molar-refractivity contribution in [3.8, 4) is 0 Å². The highest BCUT2D eigenvalue weighted by Crippen LogP contribution is 2.31. The van der Waals surface area contributed by atoms with Gasteiger partial charge in [-0.25, -0.2) is 9.97 Å². The minimum Gasteiger partial charge on any atom is -0.394 e. The fraction of sp³-hybridized carbons (Fsp3) is 0.450. The number of H-pyrrole nitrogens is 2. The maximum atomic E-state index is 11.7. The maximum absolute atomic E-state index is 11.7. The van der Waals surface area contributed by atoms with Crippen LogP contribution in [0.4, 0.5) is 11.9 Å². The summed E-state index contributed by atoms with van der Waals surface area (Å²) >= 11 is 0. The lowest BCUT2D eigenvalue weighted by Crippen LogP contribution is -2.33. The fourth-order valence-corrected chi connectivity index (χ4v) is 4.40. The number of aliphatic hydroxyl groups excluding tert-OH is 5. The number of carbonyl (C=O) groups excluding carboxylic acids is 1. The number of anilines is 2. The number of nitrogen functional groups attached to an aromatic ring is 2. The van der Waals surface area contributed by atoms with Crippen molar-refractivity contribution in [3.05, 3.63) is 33.4 Å². The zero-order chi connectivity index (χ0) is 28.9. The van der Waals surface area contributed by atoms with Crippen LogP contribution in [0.25, 0.3) is 22.3 Å². The molecule has 6 heterocycles. The van der Waals surface area contributed by atoms with E-state index in [2.05, 4.69) is 29.9 Å². The first kappa shape index (κ1) is 27.3. The average Bonchev–Trinajstić information content (AvgIpc) is 3.66. The SMILES string of the molecule is Nc1nc2c(ncn2[C@@H]2O[C@H](C=O)[C@@H](O)[C@H]2O)c(=O)[nH]1.Nc1nc2c(ncn2[C@@H]2O[C@H](CO)[C@@H](O)[C@H]2O)c(=O)[nH]1. The Kier molecular flexibility index (Phi) is 7.05. The first-order chi connectivity index (χ1) is 19.0. The summed E-state index contributed by atoms with van der Waals surface area (Å²) in [4.78, 5) is 54.2. The van der Waals surface area contributed by atoms with Crippen molar-refractivity contribution in [2.75, 3.05) is 18.1 Å². The Bertz CT molecular complexity index is 1670. The molecule has 2 saturated heterocycles. The first-order valence-electron chi connectivity index (χ1n) is 11.6. The Labute approximate surface area is 220 Å². The molecule has 40 heavy (non-hydrogen) atoms. The summed E-state index contributed by atoms with van der Waals surface area (Å²) in [6.45, 7) is -0.447. The molecule has 2 aliphatic rings. The van der Waals surface area contributed by atoms with Crippen LogP contribution < -0.4 is 22.6 Å². The molecule has 0 unspecified atom stereocenters. The van der Waals surface area contributed by atoms with Crippen LogP contribution in [0, 0.1) is 0 Å². The Balaban J connectivity index is 0.000000161. The number of ether oxygens (including phenoxy) is 2. The molecule has 8 atom stereocenters. The molecule has 0 saturated carbocycles. The van der Waals surface area contributed by atoms with Crippen molar-refractivity contribution in [2.45, 2.75) is 49.1 Å². The number of nitrogens with two attached hydrogens (primary N) is 2. The second kappa shape index (κ2) is 10.3. The lowest BCUT2D eigenvalue weighted by atomic mass is 10.1. The van der Waals surface area contributed by atoms with E-state index < -0.39 is 66.8 Å². The molecular formula is C20H24N10O10. The number of aldehydes is 1. The van der Waals surface area contributed by atoms with E-state index in [4.69, 9.17) is 26.0 Å². The minimum atomic E-state index is -1.37. The molecule has 0 aromatic carbocycles. The molecule has 0 amide bonds. The molecule has 2 fully saturated rings. The van der Waals surface area contributed by atoms with Crippen molar-refractivity contribution >= 4 is 40.5 Å². The van der Waals surface area contributed by atoms with Gasteiger partial charge in [-0.05, 0) is 0 Å². The molecule has 2 aliphatic heterocycles. The van der Waals surface area contributed by atoms with Gasteiger partial charge in [0, 0.05) is 0 Å². The van der Waals surface area contributed by atoms with Gasteiger partial charge in [-0.2, -0.15) is 9.97 Å². The van der Waals surface area contributed by atoms with Gasteiger partial charge in [-0.3, -0.25) is 28.7 Å². The second-order valence-corrected chi connectivity index (χ2v) is 8.89. The number of carbonyl (C=O) groups is 1. The van der Waals surface area contributed by atoms with Gasteiger partial charge in [0.25, 0.3) is 11.1 Å². The van der Waals surface area contributed by atoms with Crippen molar-refractivity contribution in [1.82, 2.24) is 39.0 Å². The van der Waals surface area contributed by atoms with Crippen LogP contribution in [-0.4, -0.2) is 114 Å². The maximum Gasteiger partial charge on any atom is 0.280 e. The van der Waals surface area contributed by atoms with Crippen LogP contribution in [0.3, 0.4) is 0 Å². The summed E-state index contributed by atoms with van der Waals surface area (Å²) in [7, 11) is 0. The number of aromatic nitrogens is 8. The highest BCUT2D eigenvalue weighted by atomic mass is 16.6. The number of aliphatic hydroxyl groups is 5. The summed E-state index contributed by atoms with van der Waals surface area (Å²) in [6.07, 6.45) is -6.57. The van der Waals surface area contributed by atoms with Crippen LogP contribution >= 0.6 is 0 Å². The van der Waals surface area contributed by atoms with Crippen molar-refractivity contribution < 1.29 is 39.8 Å². The van der Waals surface area contributed by atoms with Crippen molar-refractivity contribution in [3.63, 3.8) is 0 Å². The first-order valence-corrected chi connectivity index (χ1v) is 11.6. The largest absolute Gasteiger partial charge is 0.394 e. The van der Waals surface area contributed by atoms with Gasteiger partial charge >= 0.3 is 0 Å². The molecule has 214 valence electrons. The van der Waals surface area contributed by atoms with E-state index in [1.165, 1.54) is 21.8 Å². The number of nitrogens with one attached hydrogen (secondary N) is 2. The van der Waals surface area contributed by atoms with Gasteiger partial charge in [0.05, 0.1) is 19.3 Å². The normalized spacial score (nSPS) is 30.0. The predicted octanol–water partition coefficient (Wildman–Crippen LogP) is -5.17. The number of fused-ring (bicyclic) bond motifs is 2. The summed E-state index contributed by atoms with van der Waals surface area (Å²) in [6, 6.07) is 0. The molecule has 11 N–H and O–H groups in total. The Hall–Kier alpha value is -4.31. The van der Waals surface area contributed by atoms with E-state index in [-0.39, 0.29) is 34.2 Å². The quantitative estimate of drug-likeness (QED) is 0.105. The third-order valence-corrected chi connectivity index (χ3v) is 6.38. The third kappa shape index (κ3) is 4.48. The number of aromatic amines is 2. The van der Waals surface area contributed by atoms with Gasteiger partial charge in [0.2, 0.25) is 11.9 Å². The van der Waals surface area contributed by atoms with Crippen LogP contribution in [0.1, 0.15) is 12.5 Å². The van der Waals surface area contributed by atoms with Gasteiger partial charge in [-0.15, -0.1) is 0 Å². The molecule has 20 nitrogen and oxygen atoms in total. The second-order valence-electron chi connectivity index (χ2n) is 8.89. The molecule has 4 aromatic rings. The summed E-state index contributed by atoms with van der Waals surface area (Å²) in [5, 5.41) is 48.3. The Morgan fingerprint density at radius 3 is 1.73 bits per heavy atom. The molecule has 0 aliphatic carbocycles. The molecule has 0 radical (unpaired) electrons. The zero-order valence-corrected chi connectivity index (χ0v) is 20.2. The standard InChI is InChI=1S/C10H13N5O5.C10H11N5O5/c2*11-10-13-7-4(8(19)14-10)12-2-15(7)9-6(18)5(17)3(1-16)20-9/h2-3,5-6,9,16-18H,1H2,(H3,11,13,14,19);1-3,5-6,9,17-18H,(H3,11,13,14,19)/t2*3-,5-,6-,9-/m11/s1. The van der Waals surface area contributed by atoms with Gasteiger partial charge in [0.15, 0.2) is 41.1 Å². The molecule has 20 heteroatoms. The topological polar surface area (TPSA) is 316 Å². The van der Waals surface area contributed by atoms with E-state index in [9.17, 15) is 34.8 Å². The van der Waals surface area contributed by atoms with E-state index in [1.807, 2.05) is 0 Å². The summed E-state index contributed by atoms with van der Waals surface area (Å²) < 4.78 is 13.1. The molecular weight excluding hydrogens is 540 g/mol. The lowest BCUT2D eigenvalue weighted by Gasteiger charge is -2.16. The smallest absolute Gasteiger partial charge is 0.280 e. The summed E-state index contributed by atoms with van der Waals surface area (Å²) in [5.74, 6) is -0.222. The number of hydrogen-bond donors (Lipinski definition) is 9. The summed E-state index contributed by atoms with van der Waals surface area (Å²) in [5.41, 5.74) is 10.1.